The monoisotopic (exact) mass is 353 g/mol. The number of aryl methyl sites for hydroxylation is 1. The molecule has 1 aromatic heterocycles. The second-order valence-electron chi connectivity index (χ2n) is 7.62. The maximum absolute atomic E-state index is 12.8. The first-order valence-electron chi connectivity index (χ1n) is 9.37. The molecule has 0 bridgehead atoms. The molecule has 6 heteroatoms. The first kappa shape index (κ1) is 15.7. The zero-order valence-electron chi connectivity index (χ0n) is 14.9. The Hall–Kier alpha value is -2.50. The van der Waals surface area contributed by atoms with E-state index in [4.69, 9.17) is 9.47 Å². The van der Waals surface area contributed by atoms with Gasteiger partial charge >= 0.3 is 0 Å². The maximum atomic E-state index is 12.8. The van der Waals surface area contributed by atoms with Crippen molar-refractivity contribution in [2.24, 2.45) is 18.9 Å². The van der Waals surface area contributed by atoms with Crippen LogP contribution in [0.15, 0.2) is 30.6 Å². The number of nitrogens with one attached hydrogen (secondary N) is 1. The fourth-order valence-corrected chi connectivity index (χ4v) is 3.90. The third-order valence-electron chi connectivity index (χ3n) is 5.60. The molecule has 26 heavy (non-hydrogen) atoms. The highest BCUT2D eigenvalue weighted by Crippen LogP contribution is 2.49. The number of hydrogen-bond donors (Lipinski definition) is 1. The van der Waals surface area contributed by atoms with Crippen LogP contribution < -0.4 is 14.8 Å². The van der Waals surface area contributed by atoms with Gasteiger partial charge in [0.25, 0.3) is 0 Å². The Balaban J connectivity index is 1.30. The lowest BCUT2D eigenvalue weighted by Crippen LogP contribution is -2.31. The summed E-state index contributed by atoms with van der Waals surface area (Å²) < 4.78 is 13.1. The van der Waals surface area contributed by atoms with E-state index >= 15 is 0 Å². The van der Waals surface area contributed by atoms with Gasteiger partial charge in [0, 0.05) is 19.2 Å². The standard InChI is InChI=1S/C20H23N3O3/c1-23-11-14(10-21-23)15-9-16(15)20(24)22-19(12-2-3-12)13-4-5-17-18(8-13)26-7-6-25-17/h4-5,8,10-12,15-16,19H,2-3,6-7,9H2,1H3,(H,22,24)/t15-,16-,19+/m0/s1. The predicted octanol–water partition coefficient (Wildman–Crippen LogP) is 2.56. The lowest BCUT2D eigenvalue weighted by atomic mass is 10.0. The van der Waals surface area contributed by atoms with E-state index in [0.717, 1.165) is 41.9 Å². The summed E-state index contributed by atoms with van der Waals surface area (Å²) in [6.07, 6.45) is 7.12. The Morgan fingerprint density at radius 3 is 2.81 bits per heavy atom. The van der Waals surface area contributed by atoms with Crippen molar-refractivity contribution < 1.29 is 14.3 Å². The molecular weight excluding hydrogens is 330 g/mol. The number of carbonyl (C=O) groups is 1. The highest BCUT2D eigenvalue weighted by molar-refractivity contribution is 5.83. The number of benzene rings is 1. The molecule has 1 N–H and O–H groups in total. The number of carbonyl (C=O) groups excluding carboxylic acids is 1. The molecular formula is C20H23N3O3. The second-order valence-corrected chi connectivity index (χ2v) is 7.62. The fraction of sp³-hybridized carbons (Fsp3) is 0.500. The first-order valence-corrected chi connectivity index (χ1v) is 9.37. The van der Waals surface area contributed by atoms with Gasteiger partial charge in [0.2, 0.25) is 5.91 Å². The van der Waals surface area contributed by atoms with Gasteiger partial charge < -0.3 is 14.8 Å². The summed E-state index contributed by atoms with van der Waals surface area (Å²) in [6.45, 7) is 1.17. The van der Waals surface area contributed by atoms with Crippen molar-refractivity contribution in [1.82, 2.24) is 15.1 Å². The summed E-state index contributed by atoms with van der Waals surface area (Å²) in [5.41, 5.74) is 2.28. The molecule has 5 rings (SSSR count). The molecule has 2 saturated carbocycles. The van der Waals surface area contributed by atoms with Crippen LogP contribution in [0.5, 0.6) is 11.5 Å². The minimum Gasteiger partial charge on any atom is -0.486 e. The van der Waals surface area contributed by atoms with E-state index < -0.39 is 0 Å². The average Bonchev–Trinajstić information content (AvgIpc) is 3.58. The van der Waals surface area contributed by atoms with Crippen LogP contribution in [0.4, 0.5) is 0 Å². The van der Waals surface area contributed by atoms with Gasteiger partial charge in [0.05, 0.1) is 12.2 Å². The molecule has 6 nitrogen and oxygen atoms in total. The molecule has 2 aromatic rings. The number of hydrogen-bond acceptors (Lipinski definition) is 4. The summed E-state index contributed by atoms with van der Waals surface area (Å²) in [5.74, 6) is 2.64. The summed E-state index contributed by atoms with van der Waals surface area (Å²) in [7, 11) is 1.91. The average molecular weight is 353 g/mol. The fourth-order valence-electron chi connectivity index (χ4n) is 3.90. The molecule has 2 heterocycles. The number of nitrogens with zero attached hydrogens (tertiary/aromatic N) is 2. The minimum absolute atomic E-state index is 0.0634. The molecule has 0 unspecified atom stereocenters. The van der Waals surface area contributed by atoms with Crippen molar-refractivity contribution in [3.63, 3.8) is 0 Å². The van der Waals surface area contributed by atoms with E-state index in [0.29, 0.717) is 25.0 Å². The maximum Gasteiger partial charge on any atom is 0.224 e. The van der Waals surface area contributed by atoms with Crippen molar-refractivity contribution in [2.75, 3.05) is 13.2 Å². The van der Waals surface area contributed by atoms with Crippen molar-refractivity contribution in [3.05, 3.63) is 41.7 Å². The molecule has 1 aliphatic heterocycles. The number of ether oxygens (including phenoxy) is 2. The highest BCUT2D eigenvalue weighted by Gasteiger charge is 2.46. The van der Waals surface area contributed by atoms with Crippen molar-refractivity contribution in [3.8, 4) is 11.5 Å². The van der Waals surface area contributed by atoms with E-state index in [1.807, 2.05) is 31.6 Å². The Labute approximate surface area is 152 Å². The van der Waals surface area contributed by atoms with Gasteiger partial charge in [-0.1, -0.05) is 6.07 Å². The molecule has 3 atom stereocenters. The van der Waals surface area contributed by atoms with E-state index in [-0.39, 0.29) is 17.9 Å². The number of amides is 1. The lowest BCUT2D eigenvalue weighted by molar-refractivity contribution is -0.123. The number of aromatic nitrogens is 2. The van der Waals surface area contributed by atoms with Crippen LogP contribution in [0.1, 0.15) is 42.3 Å². The largest absolute Gasteiger partial charge is 0.486 e. The molecule has 3 aliphatic rings. The van der Waals surface area contributed by atoms with Crippen LogP contribution in [0.2, 0.25) is 0 Å². The molecule has 1 amide bonds. The molecule has 0 spiro atoms. The third kappa shape index (κ3) is 2.93. The third-order valence-corrected chi connectivity index (χ3v) is 5.60. The first-order chi connectivity index (χ1) is 12.7. The second kappa shape index (κ2) is 6.04. The topological polar surface area (TPSA) is 65.4 Å². The Bertz CT molecular complexity index is 843. The summed E-state index contributed by atoms with van der Waals surface area (Å²) in [6, 6.07) is 6.11. The smallest absolute Gasteiger partial charge is 0.224 e. The molecule has 0 radical (unpaired) electrons. The SMILES string of the molecule is Cn1cc([C@@H]2C[C@@H]2C(=O)N[C@@H](c2ccc3c(c2)OCCO3)C2CC2)cn1. The van der Waals surface area contributed by atoms with Gasteiger partial charge in [-0.05, 0) is 54.4 Å². The summed E-state index contributed by atoms with van der Waals surface area (Å²) in [4.78, 5) is 12.8. The molecule has 1 aromatic carbocycles. The van der Waals surface area contributed by atoms with Crippen LogP contribution in [0.25, 0.3) is 0 Å². The van der Waals surface area contributed by atoms with E-state index in [9.17, 15) is 4.79 Å². The van der Waals surface area contributed by atoms with Gasteiger partial charge in [-0.25, -0.2) is 0 Å². The molecule has 136 valence electrons. The predicted molar refractivity (Wildman–Crippen MR) is 95.1 cm³/mol. The van der Waals surface area contributed by atoms with Gasteiger partial charge in [-0.2, -0.15) is 5.10 Å². The van der Waals surface area contributed by atoms with E-state index in [2.05, 4.69) is 16.5 Å². The van der Waals surface area contributed by atoms with Crippen molar-refractivity contribution in [2.45, 2.75) is 31.2 Å². The van der Waals surface area contributed by atoms with Gasteiger partial charge in [0.15, 0.2) is 11.5 Å². The van der Waals surface area contributed by atoms with Gasteiger partial charge in [0.1, 0.15) is 13.2 Å². The van der Waals surface area contributed by atoms with Crippen LogP contribution in [-0.2, 0) is 11.8 Å². The molecule has 2 fully saturated rings. The quantitative estimate of drug-likeness (QED) is 0.897. The zero-order valence-corrected chi connectivity index (χ0v) is 14.9. The highest BCUT2D eigenvalue weighted by atomic mass is 16.6. The van der Waals surface area contributed by atoms with E-state index in [1.54, 1.807) is 4.68 Å². The molecule has 2 aliphatic carbocycles. The Kier molecular flexibility index (Phi) is 3.65. The van der Waals surface area contributed by atoms with Crippen LogP contribution in [0.3, 0.4) is 0 Å². The lowest BCUT2D eigenvalue weighted by Gasteiger charge is -2.23. The van der Waals surface area contributed by atoms with Crippen LogP contribution in [-0.4, -0.2) is 28.9 Å². The van der Waals surface area contributed by atoms with Crippen molar-refractivity contribution >= 4 is 5.91 Å². The van der Waals surface area contributed by atoms with Gasteiger partial charge in [-0.3, -0.25) is 9.48 Å². The normalized spacial score (nSPS) is 24.8. The van der Waals surface area contributed by atoms with Crippen LogP contribution in [0, 0.1) is 11.8 Å². The van der Waals surface area contributed by atoms with Crippen molar-refractivity contribution in [1.29, 1.82) is 0 Å². The Morgan fingerprint density at radius 2 is 2.08 bits per heavy atom. The minimum atomic E-state index is 0.0634. The summed E-state index contributed by atoms with van der Waals surface area (Å²) >= 11 is 0. The molecule has 0 saturated heterocycles. The number of fused-ring (bicyclic) bond motifs is 1. The summed E-state index contributed by atoms with van der Waals surface area (Å²) in [5, 5.41) is 7.53. The van der Waals surface area contributed by atoms with Gasteiger partial charge in [-0.15, -0.1) is 0 Å². The number of rotatable bonds is 5. The Morgan fingerprint density at radius 1 is 1.27 bits per heavy atom. The van der Waals surface area contributed by atoms with E-state index in [1.165, 1.54) is 0 Å². The van der Waals surface area contributed by atoms with Crippen LogP contribution >= 0.6 is 0 Å². The zero-order chi connectivity index (χ0) is 17.7.